The number of halogens is 1. The molecular formula is C18H21FN6. The molecular weight excluding hydrogens is 319 g/mol. The second kappa shape index (κ2) is 6.38. The van der Waals surface area contributed by atoms with Crippen LogP contribution < -0.4 is 4.90 Å². The van der Waals surface area contributed by atoms with Crippen LogP contribution in [0.5, 0.6) is 0 Å². The highest BCUT2D eigenvalue weighted by Gasteiger charge is 2.28. The highest BCUT2D eigenvalue weighted by Crippen LogP contribution is 2.31. The van der Waals surface area contributed by atoms with Gasteiger partial charge in [0.15, 0.2) is 17.0 Å². The summed E-state index contributed by atoms with van der Waals surface area (Å²) in [6, 6.07) is 7.50. The molecule has 1 aromatic carbocycles. The molecule has 0 saturated carbocycles. The lowest BCUT2D eigenvalue weighted by atomic mass is 9.97. The van der Waals surface area contributed by atoms with Gasteiger partial charge in [-0.1, -0.05) is 23.4 Å². The third-order valence-corrected chi connectivity index (χ3v) is 5.00. The number of fused-ring (bicyclic) bond motifs is 1. The molecule has 0 aliphatic carbocycles. The Kier molecular flexibility index (Phi) is 4.07. The Balaban J connectivity index is 1.74. The van der Waals surface area contributed by atoms with Crippen LogP contribution in [0.2, 0.25) is 0 Å². The number of hydrogen-bond donors (Lipinski definition) is 0. The second-order valence-electron chi connectivity index (χ2n) is 6.74. The van der Waals surface area contributed by atoms with E-state index in [1.54, 1.807) is 23.1 Å². The minimum absolute atomic E-state index is 0.251. The van der Waals surface area contributed by atoms with E-state index in [0.29, 0.717) is 35.4 Å². The van der Waals surface area contributed by atoms with Crippen LogP contribution in [0.3, 0.4) is 0 Å². The largest absolute Gasteiger partial charge is 0.349 e. The average molecular weight is 340 g/mol. The molecule has 0 N–H and O–H groups in total. The molecule has 2 atom stereocenters. The van der Waals surface area contributed by atoms with Crippen LogP contribution in [0.1, 0.15) is 38.7 Å². The molecule has 0 bridgehead atoms. The van der Waals surface area contributed by atoms with Gasteiger partial charge in [-0.15, -0.1) is 5.10 Å². The van der Waals surface area contributed by atoms with Gasteiger partial charge in [-0.25, -0.2) is 19.0 Å². The lowest BCUT2D eigenvalue weighted by Crippen LogP contribution is -2.44. The average Bonchev–Trinajstić information content (AvgIpc) is 3.01. The van der Waals surface area contributed by atoms with Crippen LogP contribution in [0, 0.1) is 5.82 Å². The number of nitrogens with zero attached hydrogens (tertiary/aromatic N) is 6. The number of aromatic nitrogens is 5. The van der Waals surface area contributed by atoms with Crippen molar-refractivity contribution in [2.24, 2.45) is 0 Å². The zero-order chi connectivity index (χ0) is 17.4. The molecule has 0 amide bonds. The van der Waals surface area contributed by atoms with Crippen molar-refractivity contribution in [3.05, 3.63) is 42.0 Å². The van der Waals surface area contributed by atoms with Gasteiger partial charge < -0.3 is 4.90 Å². The van der Waals surface area contributed by atoms with E-state index in [4.69, 9.17) is 0 Å². The lowest BCUT2D eigenvalue weighted by Gasteiger charge is -2.39. The zero-order valence-electron chi connectivity index (χ0n) is 14.4. The maximum absolute atomic E-state index is 14.0. The molecule has 6 nitrogen and oxygen atoms in total. The van der Waals surface area contributed by atoms with Gasteiger partial charge in [0, 0.05) is 17.6 Å². The zero-order valence-corrected chi connectivity index (χ0v) is 14.4. The van der Waals surface area contributed by atoms with E-state index in [9.17, 15) is 4.39 Å². The second-order valence-corrected chi connectivity index (χ2v) is 6.74. The van der Waals surface area contributed by atoms with Crippen molar-refractivity contribution >= 4 is 17.0 Å². The predicted octanol–water partition coefficient (Wildman–Crippen LogP) is 3.18. The van der Waals surface area contributed by atoms with Gasteiger partial charge in [-0.2, -0.15) is 0 Å². The Bertz CT molecular complexity index is 882. The number of anilines is 1. The van der Waals surface area contributed by atoms with E-state index in [1.807, 2.05) is 6.07 Å². The number of hydrogen-bond acceptors (Lipinski definition) is 5. The highest BCUT2D eigenvalue weighted by molar-refractivity contribution is 5.83. The van der Waals surface area contributed by atoms with Crippen LogP contribution in [-0.2, 0) is 6.54 Å². The SMILES string of the molecule is C[C@@H]1CCC[C@H](C)N1c1ncnc2c1nnn2Cc1ccccc1F. The molecule has 3 aromatic rings. The van der Waals surface area contributed by atoms with E-state index in [-0.39, 0.29) is 5.82 Å². The van der Waals surface area contributed by atoms with Crippen molar-refractivity contribution in [1.29, 1.82) is 0 Å². The normalized spacial score (nSPS) is 21.0. The number of benzene rings is 1. The third kappa shape index (κ3) is 2.83. The van der Waals surface area contributed by atoms with Crippen molar-refractivity contribution in [3.8, 4) is 0 Å². The summed E-state index contributed by atoms with van der Waals surface area (Å²) < 4.78 is 15.6. The summed E-state index contributed by atoms with van der Waals surface area (Å²) in [5, 5.41) is 8.52. The van der Waals surface area contributed by atoms with Crippen LogP contribution in [0.25, 0.3) is 11.2 Å². The van der Waals surface area contributed by atoms with Crippen molar-refractivity contribution in [2.75, 3.05) is 4.90 Å². The first kappa shape index (κ1) is 15.9. The van der Waals surface area contributed by atoms with Gasteiger partial charge in [-0.05, 0) is 39.2 Å². The number of rotatable bonds is 3. The van der Waals surface area contributed by atoms with E-state index in [2.05, 4.69) is 39.0 Å². The molecule has 7 heteroatoms. The van der Waals surface area contributed by atoms with Crippen LogP contribution >= 0.6 is 0 Å². The molecule has 3 heterocycles. The summed E-state index contributed by atoms with van der Waals surface area (Å²) in [6.07, 6.45) is 5.05. The highest BCUT2D eigenvalue weighted by atomic mass is 19.1. The van der Waals surface area contributed by atoms with Gasteiger partial charge in [0.05, 0.1) is 6.54 Å². The number of piperidine rings is 1. The minimum Gasteiger partial charge on any atom is -0.349 e. The Labute approximate surface area is 145 Å². The standard InChI is InChI=1S/C18H21FN6/c1-12-6-5-7-13(2)25(12)18-16-17(20-11-21-18)24(23-22-16)10-14-8-3-4-9-15(14)19/h3-4,8-9,11-13H,5-7,10H2,1-2H3/t12-,13+. The summed E-state index contributed by atoms with van der Waals surface area (Å²) in [7, 11) is 0. The monoisotopic (exact) mass is 340 g/mol. The Morgan fingerprint density at radius 1 is 1.12 bits per heavy atom. The van der Waals surface area contributed by atoms with Gasteiger partial charge >= 0.3 is 0 Å². The van der Waals surface area contributed by atoms with Gasteiger partial charge in [0.2, 0.25) is 0 Å². The fraction of sp³-hybridized carbons (Fsp3) is 0.444. The predicted molar refractivity (Wildman–Crippen MR) is 93.9 cm³/mol. The molecule has 0 spiro atoms. The summed E-state index contributed by atoms with van der Waals surface area (Å²) in [5.74, 6) is 0.572. The molecule has 1 aliphatic rings. The first-order chi connectivity index (χ1) is 12.1. The summed E-state index contributed by atoms with van der Waals surface area (Å²) in [5.41, 5.74) is 1.88. The summed E-state index contributed by atoms with van der Waals surface area (Å²) in [6.45, 7) is 4.73. The molecule has 1 aliphatic heterocycles. The lowest BCUT2D eigenvalue weighted by molar-refractivity contribution is 0.412. The molecule has 4 rings (SSSR count). The van der Waals surface area contributed by atoms with Gasteiger partial charge in [0.25, 0.3) is 0 Å². The van der Waals surface area contributed by atoms with Gasteiger partial charge in [-0.3, -0.25) is 0 Å². The maximum Gasteiger partial charge on any atom is 0.184 e. The minimum atomic E-state index is -0.251. The summed E-state index contributed by atoms with van der Waals surface area (Å²) in [4.78, 5) is 11.2. The molecule has 2 aromatic heterocycles. The first-order valence-electron chi connectivity index (χ1n) is 8.71. The first-order valence-corrected chi connectivity index (χ1v) is 8.71. The molecule has 1 fully saturated rings. The Morgan fingerprint density at radius 2 is 1.88 bits per heavy atom. The van der Waals surface area contributed by atoms with E-state index in [1.165, 1.54) is 12.5 Å². The Hall–Kier alpha value is -2.57. The van der Waals surface area contributed by atoms with Crippen molar-refractivity contribution in [1.82, 2.24) is 25.0 Å². The Morgan fingerprint density at radius 3 is 2.64 bits per heavy atom. The molecule has 130 valence electrons. The van der Waals surface area contributed by atoms with Crippen LogP contribution in [0.15, 0.2) is 30.6 Å². The summed E-state index contributed by atoms with van der Waals surface area (Å²) >= 11 is 0. The van der Waals surface area contributed by atoms with Crippen LogP contribution in [0.4, 0.5) is 10.2 Å². The maximum atomic E-state index is 14.0. The van der Waals surface area contributed by atoms with E-state index in [0.717, 1.165) is 18.7 Å². The fourth-order valence-corrected chi connectivity index (χ4v) is 3.70. The van der Waals surface area contributed by atoms with Crippen molar-refractivity contribution in [2.45, 2.75) is 51.7 Å². The molecule has 0 radical (unpaired) electrons. The van der Waals surface area contributed by atoms with E-state index >= 15 is 0 Å². The molecule has 0 unspecified atom stereocenters. The molecule has 1 saturated heterocycles. The van der Waals surface area contributed by atoms with Crippen LogP contribution in [-0.4, -0.2) is 37.0 Å². The smallest absolute Gasteiger partial charge is 0.184 e. The topological polar surface area (TPSA) is 59.7 Å². The van der Waals surface area contributed by atoms with Crippen molar-refractivity contribution in [3.63, 3.8) is 0 Å². The van der Waals surface area contributed by atoms with Gasteiger partial charge in [0.1, 0.15) is 12.1 Å². The van der Waals surface area contributed by atoms with Crippen molar-refractivity contribution < 1.29 is 4.39 Å². The molecule has 25 heavy (non-hydrogen) atoms. The fourth-order valence-electron chi connectivity index (χ4n) is 3.70. The quantitative estimate of drug-likeness (QED) is 0.733. The van der Waals surface area contributed by atoms with E-state index < -0.39 is 0 Å². The third-order valence-electron chi connectivity index (χ3n) is 5.00.